The fourth-order valence-corrected chi connectivity index (χ4v) is 1.84. The molecule has 0 atom stereocenters. The summed E-state index contributed by atoms with van der Waals surface area (Å²) in [6, 6.07) is 9.47. The van der Waals surface area contributed by atoms with E-state index < -0.39 is 11.8 Å². The van der Waals surface area contributed by atoms with Crippen LogP contribution < -0.4 is 10.6 Å². The van der Waals surface area contributed by atoms with Crippen molar-refractivity contribution in [2.45, 2.75) is 0 Å². The van der Waals surface area contributed by atoms with Gasteiger partial charge in [-0.3, -0.25) is 0 Å². The first-order valence-electron chi connectivity index (χ1n) is 5.72. The topological polar surface area (TPSA) is 64.9 Å². The molecule has 2 rings (SSSR count). The van der Waals surface area contributed by atoms with Gasteiger partial charge in [0, 0.05) is 5.69 Å². The van der Waals surface area contributed by atoms with E-state index in [4.69, 9.17) is 28.5 Å². The molecule has 106 valence electrons. The summed E-state index contributed by atoms with van der Waals surface area (Å²) in [5, 5.41) is 14.1. The third-order valence-electron chi connectivity index (χ3n) is 2.52. The van der Waals surface area contributed by atoms with Gasteiger partial charge in [-0.05, 0) is 36.4 Å². The number of amides is 2. The van der Waals surface area contributed by atoms with E-state index in [0.717, 1.165) is 6.07 Å². The average molecular weight is 324 g/mol. The largest absolute Gasteiger partial charge is 0.323 e. The molecule has 0 bridgehead atoms. The normalized spacial score (nSPS) is 9.81. The maximum Gasteiger partial charge on any atom is 0.323 e. The lowest BCUT2D eigenvalue weighted by molar-refractivity contribution is 0.262. The Morgan fingerprint density at radius 1 is 1.10 bits per heavy atom. The SMILES string of the molecule is N#Cc1ccc(NC(=O)Nc2ccc(Cl)c(Cl)c2)c(F)c1. The standard InChI is InChI=1S/C14H8Cl2FN3O/c15-10-3-2-9(6-11(10)16)19-14(21)20-13-4-1-8(7-18)5-12(13)17/h1-6H,(H2,19,20,21). The zero-order valence-electron chi connectivity index (χ0n) is 10.5. The van der Waals surface area contributed by atoms with Crippen LogP contribution in [0, 0.1) is 17.1 Å². The first-order valence-corrected chi connectivity index (χ1v) is 6.48. The molecule has 0 saturated carbocycles. The third-order valence-corrected chi connectivity index (χ3v) is 3.26. The molecule has 0 aliphatic carbocycles. The highest BCUT2D eigenvalue weighted by Gasteiger charge is 2.08. The van der Waals surface area contributed by atoms with Gasteiger partial charge in [-0.1, -0.05) is 23.2 Å². The smallest absolute Gasteiger partial charge is 0.308 e. The molecular weight excluding hydrogens is 316 g/mol. The summed E-state index contributed by atoms with van der Waals surface area (Å²) < 4.78 is 13.6. The number of nitrogens with zero attached hydrogens (tertiary/aromatic N) is 1. The Hall–Kier alpha value is -2.29. The lowest BCUT2D eigenvalue weighted by Gasteiger charge is -2.09. The number of halogens is 3. The van der Waals surface area contributed by atoms with Crippen molar-refractivity contribution in [2.24, 2.45) is 0 Å². The molecule has 0 unspecified atom stereocenters. The molecule has 0 aliphatic rings. The minimum atomic E-state index is -0.696. The number of hydrogen-bond acceptors (Lipinski definition) is 2. The van der Waals surface area contributed by atoms with Gasteiger partial charge in [0.15, 0.2) is 0 Å². The number of nitrogens with one attached hydrogen (secondary N) is 2. The number of benzene rings is 2. The summed E-state index contributed by atoms with van der Waals surface area (Å²) in [5.74, 6) is -0.696. The second-order valence-electron chi connectivity index (χ2n) is 4.01. The molecule has 21 heavy (non-hydrogen) atoms. The van der Waals surface area contributed by atoms with Gasteiger partial charge in [-0.2, -0.15) is 5.26 Å². The lowest BCUT2D eigenvalue weighted by Crippen LogP contribution is -2.20. The van der Waals surface area contributed by atoms with E-state index in [2.05, 4.69) is 10.6 Å². The minimum absolute atomic E-state index is 0.0356. The van der Waals surface area contributed by atoms with Gasteiger partial charge in [-0.25, -0.2) is 9.18 Å². The predicted octanol–water partition coefficient (Wildman–Crippen LogP) is 4.65. The second-order valence-corrected chi connectivity index (χ2v) is 4.83. The van der Waals surface area contributed by atoms with Crippen LogP contribution >= 0.6 is 23.2 Å². The van der Waals surface area contributed by atoms with Crippen molar-refractivity contribution < 1.29 is 9.18 Å². The number of nitriles is 1. The number of anilines is 2. The molecule has 2 N–H and O–H groups in total. The van der Waals surface area contributed by atoms with Gasteiger partial charge in [-0.15, -0.1) is 0 Å². The Morgan fingerprint density at radius 3 is 2.48 bits per heavy atom. The van der Waals surface area contributed by atoms with E-state index in [9.17, 15) is 9.18 Å². The van der Waals surface area contributed by atoms with Gasteiger partial charge in [0.05, 0.1) is 27.4 Å². The zero-order valence-corrected chi connectivity index (χ0v) is 12.0. The number of urea groups is 1. The lowest BCUT2D eigenvalue weighted by atomic mass is 10.2. The highest BCUT2D eigenvalue weighted by atomic mass is 35.5. The van der Waals surface area contributed by atoms with Crippen LogP contribution in [-0.4, -0.2) is 6.03 Å². The monoisotopic (exact) mass is 323 g/mol. The fourth-order valence-electron chi connectivity index (χ4n) is 1.54. The maximum absolute atomic E-state index is 13.6. The maximum atomic E-state index is 13.6. The number of hydrogen-bond donors (Lipinski definition) is 2. The Kier molecular flexibility index (Phi) is 4.63. The van der Waals surface area contributed by atoms with Crippen LogP contribution in [0.25, 0.3) is 0 Å². The molecule has 0 fully saturated rings. The molecule has 0 aromatic heterocycles. The summed E-state index contributed by atoms with van der Waals surface area (Å²) in [4.78, 5) is 11.8. The molecule has 0 aliphatic heterocycles. The molecule has 0 saturated heterocycles. The van der Waals surface area contributed by atoms with Crippen LogP contribution in [0.2, 0.25) is 10.0 Å². The van der Waals surface area contributed by atoms with E-state index in [0.29, 0.717) is 15.7 Å². The van der Waals surface area contributed by atoms with Crippen LogP contribution in [0.1, 0.15) is 5.56 Å². The number of carbonyl (C=O) groups is 1. The van der Waals surface area contributed by atoms with Crippen molar-refractivity contribution in [1.29, 1.82) is 5.26 Å². The van der Waals surface area contributed by atoms with Crippen molar-refractivity contribution in [2.75, 3.05) is 10.6 Å². The van der Waals surface area contributed by atoms with Gasteiger partial charge in [0.25, 0.3) is 0 Å². The van der Waals surface area contributed by atoms with E-state index >= 15 is 0 Å². The summed E-state index contributed by atoms with van der Waals surface area (Å²) in [6.07, 6.45) is 0. The second kappa shape index (κ2) is 6.44. The molecule has 7 heteroatoms. The first-order chi connectivity index (χ1) is 9.99. The minimum Gasteiger partial charge on any atom is -0.308 e. The van der Waals surface area contributed by atoms with Crippen molar-refractivity contribution in [3.8, 4) is 6.07 Å². The highest BCUT2D eigenvalue weighted by Crippen LogP contribution is 2.25. The highest BCUT2D eigenvalue weighted by molar-refractivity contribution is 6.42. The summed E-state index contributed by atoms with van der Waals surface area (Å²) in [5.41, 5.74) is 0.547. The van der Waals surface area contributed by atoms with Gasteiger partial charge in [0.1, 0.15) is 5.82 Å². The quantitative estimate of drug-likeness (QED) is 0.844. The molecule has 0 heterocycles. The average Bonchev–Trinajstić information content (AvgIpc) is 2.45. The van der Waals surface area contributed by atoms with Crippen LogP contribution in [0.4, 0.5) is 20.6 Å². The fraction of sp³-hybridized carbons (Fsp3) is 0. The Labute approximate surface area is 130 Å². The molecule has 2 aromatic rings. The van der Waals surface area contributed by atoms with Crippen LogP contribution in [0.5, 0.6) is 0 Å². The molecule has 0 spiro atoms. The number of carbonyl (C=O) groups excluding carboxylic acids is 1. The molecule has 0 radical (unpaired) electrons. The zero-order chi connectivity index (χ0) is 15.4. The molecule has 2 aromatic carbocycles. The van der Waals surface area contributed by atoms with Gasteiger partial charge >= 0.3 is 6.03 Å². The van der Waals surface area contributed by atoms with E-state index in [-0.39, 0.29) is 11.3 Å². The van der Waals surface area contributed by atoms with Gasteiger partial charge in [0.2, 0.25) is 0 Å². The van der Waals surface area contributed by atoms with Crippen LogP contribution in [-0.2, 0) is 0 Å². The van der Waals surface area contributed by atoms with Crippen molar-refractivity contribution in [3.63, 3.8) is 0 Å². The Balaban J connectivity index is 2.08. The summed E-state index contributed by atoms with van der Waals surface area (Å²) in [6.45, 7) is 0. The van der Waals surface area contributed by atoms with Gasteiger partial charge < -0.3 is 10.6 Å². The number of rotatable bonds is 2. The van der Waals surface area contributed by atoms with E-state index in [1.807, 2.05) is 0 Å². The summed E-state index contributed by atoms with van der Waals surface area (Å²) >= 11 is 11.6. The Bertz CT molecular complexity index is 743. The predicted molar refractivity (Wildman–Crippen MR) is 80.2 cm³/mol. The van der Waals surface area contributed by atoms with Crippen LogP contribution in [0.3, 0.4) is 0 Å². The van der Waals surface area contributed by atoms with Crippen molar-refractivity contribution in [3.05, 3.63) is 57.8 Å². The molecule has 2 amide bonds. The van der Waals surface area contributed by atoms with E-state index in [1.54, 1.807) is 12.1 Å². The van der Waals surface area contributed by atoms with Crippen molar-refractivity contribution in [1.82, 2.24) is 0 Å². The summed E-state index contributed by atoms with van der Waals surface area (Å²) in [7, 11) is 0. The van der Waals surface area contributed by atoms with Crippen molar-refractivity contribution >= 4 is 40.6 Å². The van der Waals surface area contributed by atoms with E-state index in [1.165, 1.54) is 24.3 Å². The third kappa shape index (κ3) is 3.85. The van der Waals surface area contributed by atoms with Crippen LogP contribution in [0.15, 0.2) is 36.4 Å². The molecule has 4 nitrogen and oxygen atoms in total. The molecular formula is C14H8Cl2FN3O. The first kappa shape index (κ1) is 15.1. The Morgan fingerprint density at radius 2 is 1.86 bits per heavy atom.